The SMILES string of the molecule is c1ccc(-c2cccc(N(c3cccc(-c4ccc5c(c4)c(-c4ccccc4)c(-c4ccccc4)c4ccccc45)c3)c3ccc4c(c3)oc3c5ccccc5ccc43)c2)cc1. The van der Waals surface area contributed by atoms with Crippen LogP contribution in [0.1, 0.15) is 0 Å². The van der Waals surface area contributed by atoms with Crippen molar-refractivity contribution in [2.45, 2.75) is 0 Å². The zero-order chi connectivity index (χ0) is 41.0. The summed E-state index contributed by atoms with van der Waals surface area (Å²) in [5, 5.41) is 9.50. The Bertz CT molecular complexity index is 3630. The molecule has 0 saturated carbocycles. The van der Waals surface area contributed by atoms with Crippen LogP contribution in [0, 0.1) is 0 Å². The Morgan fingerprint density at radius 3 is 1.44 bits per heavy atom. The number of hydrogen-bond acceptors (Lipinski definition) is 2. The molecule has 0 N–H and O–H groups in total. The van der Waals surface area contributed by atoms with Crippen molar-refractivity contribution in [2.75, 3.05) is 4.90 Å². The first-order valence-electron chi connectivity index (χ1n) is 21.2. The number of nitrogens with zero attached hydrogens (tertiary/aromatic N) is 1. The smallest absolute Gasteiger partial charge is 0.143 e. The second kappa shape index (κ2) is 14.8. The molecule has 0 saturated heterocycles. The molecule has 2 heteroatoms. The largest absolute Gasteiger partial charge is 0.455 e. The first kappa shape index (κ1) is 35.7. The lowest BCUT2D eigenvalue weighted by Gasteiger charge is -2.26. The quantitative estimate of drug-likeness (QED) is 0.150. The summed E-state index contributed by atoms with van der Waals surface area (Å²) in [6.45, 7) is 0. The van der Waals surface area contributed by atoms with Crippen LogP contribution in [0.15, 0.2) is 241 Å². The number of furan rings is 1. The van der Waals surface area contributed by atoms with Crippen LogP contribution in [0.3, 0.4) is 0 Å². The molecule has 0 unspecified atom stereocenters. The molecule has 12 aromatic rings. The summed E-state index contributed by atoms with van der Waals surface area (Å²) in [5.74, 6) is 0. The van der Waals surface area contributed by atoms with Crippen molar-refractivity contribution in [3.63, 3.8) is 0 Å². The molecule has 0 aliphatic rings. The summed E-state index contributed by atoms with van der Waals surface area (Å²) in [6.07, 6.45) is 0. The minimum absolute atomic E-state index is 0.860. The standard InChI is InChI=1S/C60H39NO/c1-4-16-40(17-5-1)44-23-14-25-47(36-44)61(49-32-35-53-55-34-30-41-18-10-11-27-50(41)60(55)62-57(53)39-49)48-26-15-24-45(37-48)46-31-33-52-51-28-12-13-29-54(51)58(42-19-6-2-7-20-42)59(56(52)38-46)43-21-8-3-9-22-43/h1-39H. The lowest BCUT2D eigenvalue weighted by atomic mass is 9.84. The molecule has 0 spiro atoms. The first-order chi connectivity index (χ1) is 30.7. The predicted molar refractivity (Wildman–Crippen MR) is 263 cm³/mol. The Kier molecular flexibility index (Phi) is 8.53. The van der Waals surface area contributed by atoms with Crippen LogP contribution >= 0.6 is 0 Å². The van der Waals surface area contributed by atoms with E-state index in [-0.39, 0.29) is 0 Å². The molecule has 0 amide bonds. The van der Waals surface area contributed by atoms with Crippen molar-refractivity contribution in [2.24, 2.45) is 0 Å². The molecular formula is C60H39NO. The van der Waals surface area contributed by atoms with Crippen LogP contribution < -0.4 is 4.90 Å². The summed E-state index contributed by atoms with van der Waals surface area (Å²) < 4.78 is 6.75. The molecule has 11 aromatic carbocycles. The van der Waals surface area contributed by atoms with Gasteiger partial charge in [0, 0.05) is 39.3 Å². The highest BCUT2D eigenvalue weighted by atomic mass is 16.3. The van der Waals surface area contributed by atoms with Gasteiger partial charge in [0.1, 0.15) is 11.2 Å². The predicted octanol–water partition coefficient (Wildman–Crippen LogP) is 17.2. The number of anilines is 3. The third-order valence-electron chi connectivity index (χ3n) is 12.4. The van der Waals surface area contributed by atoms with Crippen molar-refractivity contribution in [1.82, 2.24) is 0 Å². The van der Waals surface area contributed by atoms with E-state index in [0.29, 0.717) is 0 Å². The Labute approximate surface area is 360 Å². The van der Waals surface area contributed by atoms with E-state index >= 15 is 0 Å². The van der Waals surface area contributed by atoms with Crippen LogP contribution in [0.4, 0.5) is 17.1 Å². The average molecular weight is 790 g/mol. The van der Waals surface area contributed by atoms with Gasteiger partial charge >= 0.3 is 0 Å². The van der Waals surface area contributed by atoms with Gasteiger partial charge in [-0.25, -0.2) is 0 Å². The van der Waals surface area contributed by atoms with Crippen LogP contribution in [-0.2, 0) is 0 Å². The third-order valence-corrected chi connectivity index (χ3v) is 12.4. The maximum Gasteiger partial charge on any atom is 0.143 e. The van der Waals surface area contributed by atoms with Gasteiger partial charge in [-0.15, -0.1) is 0 Å². The molecule has 1 aromatic heterocycles. The summed E-state index contributed by atoms with van der Waals surface area (Å²) in [5.41, 5.74) is 14.5. The molecule has 0 aliphatic heterocycles. The van der Waals surface area contributed by atoms with Gasteiger partial charge < -0.3 is 9.32 Å². The van der Waals surface area contributed by atoms with Gasteiger partial charge in [0.15, 0.2) is 0 Å². The second-order valence-corrected chi connectivity index (χ2v) is 16.0. The average Bonchev–Trinajstić information content (AvgIpc) is 3.73. The van der Waals surface area contributed by atoms with Crippen molar-refractivity contribution in [1.29, 1.82) is 0 Å². The second-order valence-electron chi connectivity index (χ2n) is 16.0. The van der Waals surface area contributed by atoms with Gasteiger partial charge in [0.2, 0.25) is 0 Å². The molecule has 0 aliphatic carbocycles. The van der Waals surface area contributed by atoms with E-state index in [1.54, 1.807) is 0 Å². The summed E-state index contributed by atoms with van der Waals surface area (Å²) in [6, 6.07) is 85.4. The van der Waals surface area contributed by atoms with Crippen LogP contribution in [-0.4, -0.2) is 0 Å². The maximum atomic E-state index is 6.75. The van der Waals surface area contributed by atoms with Gasteiger partial charge in [0.05, 0.1) is 0 Å². The van der Waals surface area contributed by atoms with Crippen molar-refractivity contribution in [3.8, 4) is 44.5 Å². The van der Waals surface area contributed by atoms with Crippen molar-refractivity contribution >= 4 is 71.3 Å². The minimum Gasteiger partial charge on any atom is -0.455 e. The van der Waals surface area contributed by atoms with Crippen LogP contribution in [0.2, 0.25) is 0 Å². The molecule has 0 radical (unpaired) electrons. The topological polar surface area (TPSA) is 16.4 Å². The van der Waals surface area contributed by atoms with E-state index in [4.69, 9.17) is 4.42 Å². The molecule has 1 heterocycles. The van der Waals surface area contributed by atoms with Crippen molar-refractivity contribution < 1.29 is 4.42 Å². The van der Waals surface area contributed by atoms with Crippen LogP contribution in [0.5, 0.6) is 0 Å². The molecule has 0 atom stereocenters. The van der Waals surface area contributed by atoms with E-state index in [2.05, 4.69) is 241 Å². The molecule has 0 fully saturated rings. The molecule has 62 heavy (non-hydrogen) atoms. The van der Waals surface area contributed by atoms with Crippen LogP contribution in [0.25, 0.3) is 98.8 Å². The maximum absolute atomic E-state index is 6.75. The highest BCUT2D eigenvalue weighted by molar-refractivity contribution is 6.22. The Hall–Kier alpha value is -8.20. The van der Waals surface area contributed by atoms with E-state index in [0.717, 1.165) is 61.1 Å². The van der Waals surface area contributed by atoms with E-state index in [1.165, 1.54) is 54.7 Å². The third kappa shape index (κ3) is 6.04. The van der Waals surface area contributed by atoms with Crippen molar-refractivity contribution in [3.05, 3.63) is 237 Å². The fourth-order valence-electron chi connectivity index (χ4n) is 9.54. The number of rotatable bonds is 7. The zero-order valence-corrected chi connectivity index (χ0v) is 33.9. The summed E-state index contributed by atoms with van der Waals surface area (Å²) in [4.78, 5) is 2.36. The highest BCUT2D eigenvalue weighted by Crippen LogP contribution is 2.47. The monoisotopic (exact) mass is 789 g/mol. The molecule has 290 valence electrons. The highest BCUT2D eigenvalue weighted by Gasteiger charge is 2.20. The van der Waals surface area contributed by atoms with Gasteiger partial charge in [0.25, 0.3) is 0 Å². The summed E-state index contributed by atoms with van der Waals surface area (Å²) >= 11 is 0. The lowest BCUT2D eigenvalue weighted by Crippen LogP contribution is -2.10. The zero-order valence-electron chi connectivity index (χ0n) is 33.9. The fraction of sp³-hybridized carbons (Fsp3) is 0. The summed E-state index contributed by atoms with van der Waals surface area (Å²) in [7, 11) is 0. The first-order valence-corrected chi connectivity index (χ1v) is 21.2. The molecule has 12 rings (SSSR count). The van der Waals surface area contributed by atoms with E-state index < -0.39 is 0 Å². The van der Waals surface area contributed by atoms with Gasteiger partial charge in [-0.05, 0) is 120 Å². The van der Waals surface area contributed by atoms with Gasteiger partial charge in [-0.3, -0.25) is 0 Å². The fourth-order valence-corrected chi connectivity index (χ4v) is 9.54. The number of fused-ring (bicyclic) bond motifs is 8. The Morgan fingerprint density at radius 1 is 0.258 bits per heavy atom. The minimum atomic E-state index is 0.860. The molecular weight excluding hydrogens is 751 g/mol. The number of hydrogen-bond donors (Lipinski definition) is 0. The lowest BCUT2D eigenvalue weighted by molar-refractivity contribution is 0.672. The number of benzene rings is 11. The Balaban J connectivity index is 1.06. The van der Waals surface area contributed by atoms with Gasteiger partial charge in [-0.2, -0.15) is 0 Å². The molecule has 2 nitrogen and oxygen atoms in total. The van der Waals surface area contributed by atoms with Gasteiger partial charge in [-0.1, -0.05) is 182 Å². The molecule has 0 bridgehead atoms. The normalized spacial score (nSPS) is 11.5. The van der Waals surface area contributed by atoms with E-state index in [1.807, 2.05) is 0 Å². The van der Waals surface area contributed by atoms with E-state index in [9.17, 15) is 0 Å². The Morgan fingerprint density at radius 2 is 0.742 bits per heavy atom.